The minimum Gasteiger partial charge on any atom is -0.377 e. The highest BCUT2D eigenvalue weighted by Crippen LogP contribution is 2.38. The predicted molar refractivity (Wildman–Crippen MR) is 165 cm³/mol. The highest BCUT2D eigenvalue weighted by Gasteiger charge is 2.29. The Morgan fingerprint density at radius 3 is 2.60 bits per heavy atom. The minimum atomic E-state index is -0.289. The standard InChI is InChI=1S/C34H31N9/c1-2-30(21-7-4-3-5-8-21)40-33-24(16-36)18-38-32-23(15-35)13-25(14-28(32)33)39-34(31-20-43(42-41-31)26-11-12-26)27-10-6-9-22-17-37-19-29(22)27/h3-10,13-14,18,20,26,30,34,37,39H,2,11-12,17,19H2,1H3,(H,38,40)/t30-,34+/m1/s1. The average molecular weight is 566 g/mol. The molecule has 43 heavy (non-hydrogen) atoms. The van der Waals surface area contributed by atoms with E-state index < -0.39 is 0 Å². The molecule has 0 amide bonds. The first-order valence-electron chi connectivity index (χ1n) is 14.7. The molecule has 0 unspecified atom stereocenters. The number of benzene rings is 3. The second kappa shape index (κ2) is 11.2. The molecule has 1 aliphatic heterocycles. The van der Waals surface area contributed by atoms with Crippen molar-refractivity contribution < 1.29 is 0 Å². The maximum absolute atomic E-state index is 10.2. The van der Waals surface area contributed by atoms with Crippen molar-refractivity contribution >= 4 is 22.3 Å². The number of nitrogens with zero attached hydrogens (tertiary/aromatic N) is 6. The molecule has 3 aromatic carbocycles. The van der Waals surface area contributed by atoms with Crippen molar-refractivity contribution in [1.82, 2.24) is 25.3 Å². The van der Waals surface area contributed by atoms with E-state index in [4.69, 9.17) is 0 Å². The molecule has 1 fully saturated rings. The lowest BCUT2D eigenvalue weighted by Crippen LogP contribution is -2.16. The molecule has 2 aromatic heterocycles. The Hall–Kier alpha value is -5.25. The highest BCUT2D eigenvalue weighted by molar-refractivity contribution is 5.99. The first-order chi connectivity index (χ1) is 21.2. The van der Waals surface area contributed by atoms with E-state index in [0.717, 1.165) is 60.2 Å². The van der Waals surface area contributed by atoms with Gasteiger partial charge in [-0.25, -0.2) is 4.68 Å². The third kappa shape index (κ3) is 5.05. The van der Waals surface area contributed by atoms with E-state index in [-0.39, 0.29) is 12.1 Å². The second-order valence-corrected chi connectivity index (χ2v) is 11.2. The van der Waals surface area contributed by atoms with Gasteiger partial charge in [0.2, 0.25) is 0 Å². The van der Waals surface area contributed by atoms with Gasteiger partial charge in [0, 0.05) is 30.4 Å². The molecule has 1 aliphatic carbocycles. The zero-order valence-electron chi connectivity index (χ0n) is 23.9. The summed E-state index contributed by atoms with van der Waals surface area (Å²) < 4.78 is 1.96. The Morgan fingerprint density at radius 2 is 1.84 bits per heavy atom. The molecule has 2 aliphatic rings. The van der Waals surface area contributed by atoms with E-state index in [9.17, 15) is 10.5 Å². The van der Waals surface area contributed by atoms with E-state index in [0.29, 0.717) is 28.4 Å². The van der Waals surface area contributed by atoms with Crippen molar-refractivity contribution in [2.45, 2.75) is 57.4 Å². The van der Waals surface area contributed by atoms with Gasteiger partial charge in [-0.2, -0.15) is 10.5 Å². The van der Waals surface area contributed by atoms with E-state index in [1.807, 2.05) is 41.2 Å². The molecule has 3 heterocycles. The summed E-state index contributed by atoms with van der Waals surface area (Å²) in [5.74, 6) is 0. The zero-order valence-corrected chi connectivity index (χ0v) is 23.9. The van der Waals surface area contributed by atoms with Crippen LogP contribution in [0.5, 0.6) is 0 Å². The SMILES string of the molecule is CC[C@@H](Nc1c(C#N)cnc2c(C#N)cc(N[C@H](c3cn(C4CC4)nn3)c3cccc4c3CNC4)cc12)c1ccccc1. The maximum atomic E-state index is 10.2. The molecule has 7 rings (SSSR count). The molecular weight excluding hydrogens is 534 g/mol. The summed E-state index contributed by atoms with van der Waals surface area (Å²) in [7, 11) is 0. The van der Waals surface area contributed by atoms with Crippen molar-refractivity contribution in [3.63, 3.8) is 0 Å². The molecule has 3 N–H and O–H groups in total. The predicted octanol–water partition coefficient (Wildman–Crippen LogP) is 6.27. The molecule has 1 saturated carbocycles. The van der Waals surface area contributed by atoms with Gasteiger partial charge >= 0.3 is 0 Å². The molecular formula is C34H31N9. The normalized spacial score (nSPS) is 15.3. The number of pyridine rings is 1. The van der Waals surface area contributed by atoms with E-state index in [2.05, 4.69) is 80.6 Å². The number of fused-ring (bicyclic) bond motifs is 2. The van der Waals surface area contributed by atoms with Gasteiger partial charge in [0.25, 0.3) is 0 Å². The van der Waals surface area contributed by atoms with E-state index >= 15 is 0 Å². The fourth-order valence-corrected chi connectivity index (χ4v) is 6.04. The molecule has 2 atom stereocenters. The first-order valence-corrected chi connectivity index (χ1v) is 14.7. The number of nitrogens with one attached hydrogen (secondary N) is 3. The average Bonchev–Trinajstić information content (AvgIpc) is 3.57. The Morgan fingerprint density at radius 1 is 1.00 bits per heavy atom. The molecule has 9 nitrogen and oxygen atoms in total. The molecule has 0 saturated heterocycles. The van der Waals surface area contributed by atoms with Gasteiger partial charge in [0.05, 0.1) is 46.7 Å². The Labute approximate surface area is 250 Å². The van der Waals surface area contributed by atoms with Crippen LogP contribution in [0.15, 0.2) is 73.1 Å². The summed E-state index contributed by atoms with van der Waals surface area (Å²) in [5, 5.41) is 40.9. The first kappa shape index (κ1) is 26.6. The van der Waals surface area contributed by atoms with Crippen LogP contribution in [0.1, 0.15) is 83.4 Å². The van der Waals surface area contributed by atoms with Crippen molar-refractivity contribution in [2.75, 3.05) is 10.6 Å². The fraction of sp³-hybridized carbons (Fsp3) is 0.265. The second-order valence-electron chi connectivity index (χ2n) is 11.2. The number of rotatable bonds is 9. The number of aromatic nitrogens is 4. The van der Waals surface area contributed by atoms with Crippen molar-refractivity contribution in [3.8, 4) is 12.1 Å². The number of hydrogen-bond acceptors (Lipinski definition) is 8. The summed E-state index contributed by atoms with van der Waals surface area (Å²) in [6.45, 7) is 3.72. The van der Waals surface area contributed by atoms with Crippen LogP contribution in [0.25, 0.3) is 10.9 Å². The van der Waals surface area contributed by atoms with Crippen LogP contribution >= 0.6 is 0 Å². The van der Waals surface area contributed by atoms with Crippen LogP contribution in [0.3, 0.4) is 0 Å². The third-order valence-electron chi connectivity index (χ3n) is 8.43. The van der Waals surface area contributed by atoms with Crippen LogP contribution < -0.4 is 16.0 Å². The summed E-state index contributed by atoms with van der Waals surface area (Å²) in [6.07, 6.45) is 6.64. The van der Waals surface area contributed by atoms with Gasteiger partial charge in [0.1, 0.15) is 17.8 Å². The summed E-state index contributed by atoms with van der Waals surface area (Å²) >= 11 is 0. The van der Waals surface area contributed by atoms with Crippen LogP contribution in [0.2, 0.25) is 0 Å². The van der Waals surface area contributed by atoms with E-state index in [1.165, 1.54) is 11.1 Å². The summed E-state index contributed by atoms with van der Waals surface area (Å²) in [6, 6.07) is 25.1. The molecule has 0 bridgehead atoms. The van der Waals surface area contributed by atoms with Crippen LogP contribution in [-0.2, 0) is 13.1 Å². The van der Waals surface area contributed by atoms with Crippen LogP contribution in [0, 0.1) is 22.7 Å². The Bertz CT molecular complexity index is 1890. The van der Waals surface area contributed by atoms with Crippen molar-refractivity contribution in [3.05, 3.63) is 112 Å². The lowest BCUT2D eigenvalue weighted by atomic mass is 9.95. The minimum absolute atomic E-state index is 0.0225. The van der Waals surface area contributed by atoms with Gasteiger partial charge in [0.15, 0.2) is 0 Å². The van der Waals surface area contributed by atoms with Crippen molar-refractivity contribution in [2.24, 2.45) is 0 Å². The summed E-state index contributed by atoms with van der Waals surface area (Å²) in [4.78, 5) is 4.56. The smallest absolute Gasteiger partial charge is 0.109 e. The largest absolute Gasteiger partial charge is 0.377 e. The van der Waals surface area contributed by atoms with Gasteiger partial charge in [-0.1, -0.05) is 60.7 Å². The lowest BCUT2D eigenvalue weighted by Gasteiger charge is -2.23. The lowest BCUT2D eigenvalue weighted by molar-refractivity contribution is 0.610. The number of anilines is 2. The van der Waals surface area contributed by atoms with Gasteiger partial charge < -0.3 is 16.0 Å². The highest BCUT2D eigenvalue weighted by atomic mass is 15.4. The van der Waals surface area contributed by atoms with Gasteiger partial charge in [-0.05, 0) is 53.6 Å². The van der Waals surface area contributed by atoms with Crippen LogP contribution in [-0.4, -0.2) is 20.0 Å². The molecule has 0 radical (unpaired) electrons. The Kier molecular flexibility index (Phi) is 6.94. The van der Waals surface area contributed by atoms with Gasteiger partial charge in [-0.15, -0.1) is 5.10 Å². The maximum Gasteiger partial charge on any atom is 0.109 e. The topological polar surface area (TPSA) is 127 Å². The quantitative estimate of drug-likeness (QED) is 0.191. The Balaban J connectivity index is 1.35. The third-order valence-corrected chi connectivity index (χ3v) is 8.43. The molecule has 0 spiro atoms. The zero-order chi connectivity index (χ0) is 29.3. The molecule has 212 valence electrons. The number of nitriles is 2. The fourth-order valence-electron chi connectivity index (χ4n) is 6.04. The molecule has 9 heteroatoms. The van der Waals surface area contributed by atoms with E-state index in [1.54, 1.807) is 6.20 Å². The molecule has 5 aromatic rings. The number of hydrogen-bond donors (Lipinski definition) is 3. The van der Waals surface area contributed by atoms with Crippen LogP contribution in [0.4, 0.5) is 11.4 Å². The summed E-state index contributed by atoms with van der Waals surface area (Å²) in [5.41, 5.74) is 8.43. The van der Waals surface area contributed by atoms with Gasteiger partial charge in [-0.3, -0.25) is 4.98 Å². The monoisotopic (exact) mass is 565 g/mol. The van der Waals surface area contributed by atoms with Crippen molar-refractivity contribution in [1.29, 1.82) is 10.5 Å².